The standard InChI is InChI=1S/C15H15F4N3O2/c1-8-3-4-10(12(5-8)24-15(18)19)20-13(23)7-22-11(14(16)17)6-9(2)21-22/h3-6,14-15H,7H2,1-2H3,(H,20,23). The third-order valence-corrected chi connectivity index (χ3v) is 3.08. The predicted molar refractivity (Wildman–Crippen MR) is 78.4 cm³/mol. The Labute approximate surface area is 135 Å². The summed E-state index contributed by atoms with van der Waals surface area (Å²) >= 11 is 0. The summed E-state index contributed by atoms with van der Waals surface area (Å²) in [6.45, 7) is -0.336. The van der Waals surface area contributed by atoms with Crippen molar-refractivity contribution in [3.8, 4) is 5.75 Å². The number of amides is 1. The van der Waals surface area contributed by atoms with Crippen LogP contribution in [0.5, 0.6) is 5.75 Å². The molecule has 1 amide bonds. The Hall–Kier alpha value is -2.58. The summed E-state index contributed by atoms with van der Waals surface area (Å²) in [6.07, 6.45) is -2.78. The number of ether oxygens (including phenoxy) is 1. The summed E-state index contributed by atoms with van der Waals surface area (Å²) in [5.41, 5.74) is 0.630. The summed E-state index contributed by atoms with van der Waals surface area (Å²) in [6, 6.07) is 5.50. The number of carbonyl (C=O) groups is 1. The quantitative estimate of drug-likeness (QED) is 0.813. The van der Waals surface area contributed by atoms with Crippen LogP contribution in [0.25, 0.3) is 0 Å². The lowest BCUT2D eigenvalue weighted by atomic mass is 10.2. The van der Waals surface area contributed by atoms with Crippen LogP contribution in [0.2, 0.25) is 0 Å². The molecule has 0 aliphatic heterocycles. The molecular formula is C15H15F4N3O2. The highest BCUT2D eigenvalue weighted by Gasteiger charge is 2.18. The Kier molecular flexibility index (Phi) is 5.42. The van der Waals surface area contributed by atoms with Crippen LogP contribution in [-0.2, 0) is 11.3 Å². The molecule has 0 radical (unpaired) electrons. The van der Waals surface area contributed by atoms with Gasteiger partial charge in [-0.3, -0.25) is 9.48 Å². The number of alkyl halides is 4. The number of hydrogen-bond acceptors (Lipinski definition) is 3. The van der Waals surface area contributed by atoms with Gasteiger partial charge in [-0.05, 0) is 37.6 Å². The lowest BCUT2D eigenvalue weighted by molar-refractivity contribution is -0.117. The fourth-order valence-corrected chi connectivity index (χ4v) is 2.12. The molecule has 9 heteroatoms. The van der Waals surface area contributed by atoms with E-state index in [1.54, 1.807) is 13.0 Å². The zero-order chi connectivity index (χ0) is 17.9. The van der Waals surface area contributed by atoms with Crippen LogP contribution in [-0.4, -0.2) is 22.3 Å². The van der Waals surface area contributed by atoms with Gasteiger partial charge in [-0.15, -0.1) is 0 Å². The Morgan fingerprint density at radius 1 is 1.25 bits per heavy atom. The summed E-state index contributed by atoms with van der Waals surface area (Å²) < 4.78 is 55.8. The molecule has 0 unspecified atom stereocenters. The maximum absolute atomic E-state index is 12.9. The average Bonchev–Trinajstić information content (AvgIpc) is 2.82. The molecule has 24 heavy (non-hydrogen) atoms. The van der Waals surface area contributed by atoms with Crippen molar-refractivity contribution in [2.45, 2.75) is 33.4 Å². The average molecular weight is 345 g/mol. The van der Waals surface area contributed by atoms with Crippen molar-refractivity contribution in [2.24, 2.45) is 0 Å². The van der Waals surface area contributed by atoms with E-state index in [4.69, 9.17) is 0 Å². The first-order chi connectivity index (χ1) is 11.3. The molecule has 2 aromatic rings. The molecule has 0 fully saturated rings. The number of aryl methyl sites for hydroxylation is 2. The maximum atomic E-state index is 12.9. The van der Waals surface area contributed by atoms with Crippen molar-refractivity contribution >= 4 is 11.6 Å². The van der Waals surface area contributed by atoms with Gasteiger partial charge >= 0.3 is 6.61 Å². The van der Waals surface area contributed by atoms with E-state index in [2.05, 4.69) is 15.2 Å². The summed E-state index contributed by atoms with van der Waals surface area (Å²) in [5.74, 6) is -0.896. The van der Waals surface area contributed by atoms with Gasteiger partial charge in [0.05, 0.1) is 11.4 Å². The van der Waals surface area contributed by atoms with Crippen molar-refractivity contribution in [2.75, 3.05) is 5.32 Å². The SMILES string of the molecule is Cc1ccc(NC(=O)Cn2nc(C)cc2C(F)F)c(OC(F)F)c1. The molecule has 1 aromatic heterocycles. The number of benzene rings is 1. The van der Waals surface area contributed by atoms with Crippen LogP contribution >= 0.6 is 0 Å². The monoisotopic (exact) mass is 345 g/mol. The molecule has 2 rings (SSSR count). The van der Waals surface area contributed by atoms with Crippen molar-refractivity contribution in [3.63, 3.8) is 0 Å². The molecule has 0 spiro atoms. The molecule has 1 N–H and O–H groups in total. The Bertz CT molecular complexity index is 732. The van der Waals surface area contributed by atoms with E-state index in [9.17, 15) is 22.4 Å². The lowest BCUT2D eigenvalue weighted by Gasteiger charge is -2.13. The Morgan fingerprint density at radius 2 is 1.96 bits per heavy atom. The van der Waals surface area contributed by atoms with E-state index in [0.717, 1.165) is 4.68 Å². The normalized spacial score (nSPS) is 11.2. The minimum absolute atomic E-state index is 0.0216. The minimum atomic E-state index is -3.05. The van der Waals surface area contributed by atoms with E-state index in [1.165, 1.54) is 25.1 Å². The summed E-state index contributed by atoms with van der Waals surface area (Å²) in [5, 5.41) is 6.19. The van der Waals surface area contributed by atoms with Gasteiger partial charge in [-0.2, -0.15) is 13.9 Å². The van der Waals surface area contributed by atoms with Gasteiger partial charge in [0.1, 0.15) is 18.0 Å². The first-order valence-electron chi connectivity index (χ1n) is 6.94. The second kappa shape index (κ2) is 7.33. The number of nitrogens with zero attached hydrogens (tertiary/aromatic N) is 2. The van der Waals surface area contributed by atoms with Gasteiger partial charge in [0.25, 0.3) is 6.43 Å². The third kappa shape index (κ3) is 4.46. The van der Waals surface area contributed by atoms with Crippen LogP contribution in [0.3, 0.4) is 0 Å². The van der Waals surface area contributed by atoms with Crippen LogP contribution in [0.1, 0.15) is 23.4 Å². The smallest absolute Gasteiger partial charge is 0.387 e. The third-order valence-electron chi connectivity index (χ3n) is 3.08. The zero-order valence-corrected chi connectivity index (χ0v) is 12.9. The van der Waals surface area contributed by atoms with Crippen molar-refractivity contribution in [1.82, 2.24) is 9.78 Å². The van der Waals surface area contributed by atoms with Crippen molar-refractivity contribution in [1.29, 1.82) is 0 Å². The van der Waals surface area contributed by atoms with Crippen molar-refractivity contribution in [3.05, 3.63) is 41.2 Å². The van der Waals surface area contributed by atoms with Gasteiger partial charge in [-0.1, -0.05) is 6.07 Å². The minimum Gasteiger partial charge on any atom is -0.433 e. The van der Waals surface area contributed by atoms with Crippen LogP contribution in [0, 0.1) is 13.8 Å². The molecule has 0 bridgehead atoms. The van der Waals surface area contributed by atoms with E-state index < -0.39 is 31.2 Å². The molecule has 1 heterocycles. The number of halogens is 4. The Morgan fingerprint density at radius 3 is 2.58 bits per heavy atom. The van der Waals surface area contributed by atoms with Gasteiger partial charge in [-0.25, -0.2) is 8.78 Å². The highest BCUT2D eigenvalue weighted by Crippen LogP contribution is 2.27. The van der Waals surface area contributed by atoms with Gasteiger partial charge in [0.2, 0.25) is 5.91 Å². The van der Waals surface area contributed by atoms with Gasteiger partial charge < -0.3 is 10.1 Å². The molecule has 5 nitrogen and oxygen atoms in total. The number of anilines is 1. The van der Waals surface area contributed by atoms with E-state index in [0.29, 0.717) is 11.3 Å². The molecular weight excluding hydrogens is 330 g/mol. The van der Waals surface area contributed by atoms with E-state index in [-0.39, 0.29) is 11.4 Å². The van der Waals surface area contributed by atoms with Crippen LogP contribution in [0.15, 0.2) is 24.3 Å². The number of nitrogens with one attached hydrogen (secondary N) is 1. The van der Waals surface area contributed by atoms with Gasteiger partial charge in [0, 0.05) is 0 Å². The van der Waals surface area contributed by atoms with Crippen LogP contribution < -0.4 is 10.1 Å². The maximum Gasteiger partial charge on any atom is 0.387 e. The Balaban J connectivity index is 2.16. The summed E-state index contributed by atoms with van der Waals surface area (Å²) in [4.78, 5) is 12.0. The first kappa shape index (κ1) is 17.8. The molecule has 0 atom stereocenters. The predicted octanol–water partition coefficient (Wildman–Crippen LogP) is 3.68. The van der Waals surface area contributed by atoms with E-state index >= 15 is 0 Å². The highest BCUT2D eigenvalue weighted by molar-refractivity contribution is 5.92. The fourth-order valence-electron chi connectivity index (χ4n) is 2.12. The number of aromatic nitrogens is 2. The number of rotatable bonds is 6. The molecule has 1 aromatic carbocycles. The zero-order valence-electron chi connectivity index (χ0n) is 12.9. The van der Waals surface area contributed by atoms with Crippen molar-refractivity contribution < 1.29 is 27.1 Å². The van der Waals surface area contributed by atoms with E-state index in [1.807, 2.05) is 0 Å². The number of carbonyl (C=O) groups excluding carboxylic acids is 1. The van der Waals surface area contributed by atoms with Crippen LogP contribution in [0.4, 0.5) is 23.2 Å². The van der Waals surface area contributed by atoms with Gasteiger partial charge in [0.15, 0.2) is 0 Å². The number of hydrogen-bond donors (Lipinski definition) is 1. The molecule has 130 valence electrons. The topological polar surface area (TPSA) is 56.2 Å². The second-order valence-electron chi connectivity index (χ2n) is 5.10. The molecule has 0 aliphatic carbocycles. The summed E-state index contributed by atoms with van der Waals surface area (Å²) in [7, 11) is 0. The second-order valence-corrected chi connectivity index (χ2v) is 5.10. The molecule has 0 saturated heterocycles. The largest absolute Gasteiger partial charge is 0.433 e. The first-order valence-corrected chi connectivity index (χ1v) is 6.94. The molecule has 0 aliphatic rings. The lowest BCUT2D eigenvalue weighted by Crippen LogP contribution is -2.21. The fraction of sp³-hybridized carbons (Fsp3) is 0.333. The highest BCUT2D eigenvalue weighted by atomic mass is 19.3. The molecule has 0 saturated carbocycles.